The molecule has 0 heterocycles. The molecule has 0 bridgehead atoms. The lowest BCUT2D eigenvalue weighted by molar-refractivity contribution is -0.142. The summed E-state index contributed by atoms with van der Waals surface area (Å²) < 4.78 is 4.90. The van der Waals surface area contributed by atoms with Crippen LogP contribution in [0.25, 0.3) is 0 Å². The number of carbonyl (C=O) groups is 1. The van der Waals surface area contributed by atoms with Crippen LogP contribution in [-0.4, -0.2) is 18.8 Å². The number of rotatable bonds is 5. The maximum absolute atomic E-state index is 10.8. The Kier molecular flexibility index (Phi) is 5.15. The Labute approximate surface area is 89.8 Å². The van der Waals surface area contributed by atoms with E-state index in [2.05, 4.69) is 4.99 Å². The van der Waals surface area contributed by atoms with Crippen molar-refractivity contribution in [1.82, 2.24) is 0 Å². The molecule has 3 heteroatoms. The largest absolute Gasteiger partial charge is 0.465 e. The topological polar surface area (TPSA) is 38.7 Å². The van der Waals surface area contributed by atoms with Crippen LogP contribution in [0.4, 0.5) is 5.69 Å². The van der Waals surface area contributed by atoms with Gasteiger partial charge in [-0.3, -0.25) is 9.79 Å². The molecule has 0 saturated carbocycles. The van der Waals surface area contributed by atoms with Gasteiger partial charge in [-0.25, -0.2) is 0 Å². The number of aliphatic imine (C=N–C) groups is 1. The van der Waals surface area contributed by atoms with Gasteiger partial charge in [0, 0.05) is 19.1 Å². The van der Waals surface area contributed by atoms with E-state index in [-0.39, 0.29) is 5.97 Å². The fourth-order valence-corrected chi connectivity index (χ4v) is 1.01. The first kappa shape index (κ1) is 11.4. The lowest BCUT2D eigenvalue weighted by atomic mass is 10.3. The van der Waals surface area contributed by atoms with Crippen LogP contribution in [0.3, 0.4) is 0 Å². The Morgan fingerprint density at radius 2 is 2.13 bits per heavy atom. The number of hydrogen-bond acceptors (Lipinski definition) is 3. The average molecular weight is 205 g/mol. The number of esters is 1. The molecule has 0 radical (unpaired) electrons. The van der Waals surface area contributed by atoms with Crippen molar-refractivity contribution >= 4 is 17.9 Å². The van der Waals surface area contributed by atoms with Gasteiger partial charge >= 0.3 is 5.97 Å². The van der Waals surface area contributed by atoms with Crippen molar-refractivity contribution in [3.05, 3.63) is 30.3 Å². The molecular formula is C12H15NO2. The van der Waals surface area contributed by atoms with Crippen molar-refractivity contribution in [3.63, 3.8) is 0 Å². The lowest BCUT2D eigenvalue weighted by Crippen LogP contribution is -2.03. The van der Waals surface area contributed by atoms with E-state index in [0.717, 1.165) is 5.69 Å². The molecule has 0 atom stereocenters. The Balaban J connectivity index is 2.20. The van der Waals surface area contributed by atoms with Crippen LogP contribution < -0.4 is 0 Å². The van der Waals surface area contributed by atoms with Gasteiger partial charge in [-0.05, 0) is 12.1 Å². The van der Waals surface area contributed by atoms with Gasteiger partial charge in [0.1, 0.15) is 0 Å². The highest BCUT2D eigenvalue weighted by Gasteiger charge is 1.95. The predicted molar refractivity (Wildman–Crippen MR) is 60.5 cm³/mol. The molecule has 1 aromatic carbocycles. The molecule has 0 aliphatic rings. The molecular weight excluding hydrogens is 190 g/mol. The highest BCUT2D eigenvalue weighted by molar-refractivity contribution is 5.69. The zero-order valence-electron chi connectivity index (χ0n) is 8.85. The van der Waals surface area contributed by atoms with Crippen molar-refractivity contribution in [1.29, 1.82) is 0 Å². The second-order valence-corrected chi connectivity index (χ2v) is 3.01. The SMILES string of the molecule is CCC(=O)OCCC=Nc1ccccc1. The monoisotopic (exact) mass is 205 g/mol. The number of hydrogen-bond donors (Lipinski definition) is 0. The van der Waals surface area contributed by atoms with E-state index in [1.807, 2.05) is 30.3 Å². The molecule has 0 N–H and O–H groups in total. The lowest BCUT2D eigenvalue weighted by Gasteiger charge is -1.98. The molecule has 0 amide bonds. The third-order valence-electron chi connectivity index (χ3n) is 1.80. The summed E-state index contributed by atoms with van der Waals surface area (Å²) in [5, 5.41) is 0. The molecule has 0 saturated heterocycles. The molecule has 15 heavy (non-hydrogen) atoms. The quantitative estimate of drug-likeness (QED) is 0.421. The molecule has 80 valence electrons. The van der Waals surface area contributed by atoms with Crippen LogP contribution in [-0.2, 0) is 9.53 Å². The van der Waals surface area contributed by atoms with Crippen LogP contribution >= 0.6 is 0 Å². The van der Waals surface area contributed by atoms with E-state index in [9.17, 15) is 4.79 Å². The van der Waals surface area contributed by atoms with Gasteiger partial charge in [-0.15, -0.1) is 0 Å². The van der Waals surface area contributed by atoms with Gasteiger partial charge in [0.25, 0.3) is 0 Å². The van der Waals surface area contributed by atoms with E-state index >= 15 is 0 Å². The molecule has 1 aromatic rings. The minimum Gasteiger partial charge on any atom is -0.465 e. The maximum atomic E-state index is 10.8. The van der Waals surface area contributed by atoms with E-state index in [0.29, 0.717) is 19.4 Å². The normalized spacial score (nSPS) is 10.5. The first-order chi connectivity index (χ1) is 7.33. The summed E-state index contributed by atoms with van der Waals surface area (Å²) in [4.78, 5) is 15.0. The Morgan fingerprint density at radius 3 is 2.80 bits per heavy atom. The highest BCUT2D eigenvalue weighted by Crippen LogP contribution is 2.08. The van der Waals surface area contributed by atoms with Gasteiger partial charge in [-0.2, -0.15) is 0 Å². The molecule has 0 aliphatic heterocycles. The van der Waals surface area contributed by atoms with Crippen molar-refractivity contribution in [3.8, 4) is 0 Å². The Hall–Kier alpha value is -1.64. The molecule has 1 rings (SSSR count). The van der Waals surface area contributed by atoms with Gasteiger partial charge in [0.2, 0.25) is 0 Å². The molecule has 0 unspecified atom stereocenters. The van der Waals surface area contributed by atoms with Gasteiger partial charge < -0.3 is 4.74 Å². The van der Waals surface area contributed by atoms with Crippen molar-refractivity contribution in [2.75, 3.05) is 6.61 Å². The van der Waals surface area contributed by atoms with E-state index in [1.165, 1.54) is 0 Å². The fraction of sp³-hybridized carbons (Fsp3) is 0.333. The third-order valence-corrected chi connectivity index (χ3v) is 1.80. The summed E-state index contributed by atoms with van der Waals surface area (Å²) in [6.45, 7) is 2.18. The van der Waals surface area contributed by atoms with Crippen LogP contribution in [0.15, 0.2) is 35.3 Å². The summed E-state index contributed by atoms with van der Waals surface area (Å²) in [6.07, 6.45) is 2.84. The minimum atomic E-state index is -0.164. The van der Waals surface area contributed by atoms with E-state index < -0.39 is 0 Å². The second kappa shape index (κ2) is 6.76. The van der Waals surface area contributed by atoms with Gasteiger partial charge in [0.15, 0.2) is 0 Å². The van der Waals surface area contributed by atoms with Crippen LogP contribution in [0.5, 0.6) is 0 Å². The maximum Gasteiger partial charge on any atom is 0.305 e. The van der Waals surface area contributed by atoms with Crippen LogP contribution in [0.2, 0.25) is 0 Å². The van der Waals surface area contributed by atoms with Crippen molar-refractivity contribution in [2.45, 2.75) is 19.8 Å². The summed E-state index contributed by atoms with van der Waals surface area (Å²) in [5.74, 6) is -0.164. The zero-order chi connectivity index (χ0) is 10.9. The molecule has 0 aromatic heterocycles. The average Bonchev–Trinajstić information content (AvgIpc) is 2.29. The third kappa shape index (κ3) is 4.96. The van der Waals surface area contributed by atoms with Crippen molar-refractivity contribution < 1.29 is 9.53 Å². The predicted octanol–water partition coefficient (Wildman–Crippen LogP) is 2.73. The van der Waals surface area contributed by atoms with E-state index in [1.54, 1.807) is 13.1 Å². The fourth-order valence-electron chi connectivity index (χ4n) is 1.01. The smallest absolute Gasteiger partial charge is 0.305 e. The molecule has 0 fully saturated rings. The van der Waals surface area contributed by atoms with Crippen LogP contribution in [0.1, 0.15) is 19.8 Å². The minimum absolute atomic E-state index is 0.164. The summed E-state index contributed by atoms with van der Waals surface area (Å²) in [5.41, 5.74) is 0.916. The summed E-state index contributed by atoms with van der Waals surface area (Å²) in [6, 6.07) is 9.67. The number of carbonyl (C=O) groups excluding carboxylic acids is 1. The number of nitrogens with zero attached hydrogens (tertiary/aromatic N) is 1. The Morgan fingerprint density at radius 1 is 1.40 bits per heavy atom. The first-order valence-electron chi connectivity index (χ1n) is 5.06. The molecule has 3 nitrogen and oxygen atoms in total. The number of benzene rings is 1. The number of para-hydroxylation sites is 1. The highest BCUT2D eigenvalue weighted by atomic mass is 16.5. The molecule has 0 spiro atoms. The van der Waals surface area contributed by atoms with Gasteiger partial charge in [0.05, 0.1) is 12.3 Å². The Bertz CT molecular complexity index is 320. The first-order valence-corrected chi connectivity index (χ1v) is 5.06. The molecule has 0 aliphatic carbocycles. The standard InChI is InChI=1S/C12H15NO2/c1-2-12(14)15-10-6-9-13-11-7-4-3-5-8-11/h3-5,7-9H,2,6,10H2,1H3. The van der Waals surface area contributed by atoms with Crippen LogP contribution in [0, 0.1) is 0 Å². The second-order valence-electron chi connectivity index (χ2n) is 3.01. The number of ether oxygens (including phenoxy) is 1. The van der Waals surface area contributed by atoms with E-state index in [4.69, 9.17) is 4.74 Å². The van der Waals surface area contributed by atoms with Crippen molar-refractivity contribution in [2.24, 2.45) is 4.99 Å². The summed E-state index contributed by atoms with van der Waals surface area (Å²) in [7, 11) is 0. The van der Waals surface area contributed by atoms with Gasteiger partial charge in [-0.1, -0.05) is 25.1 Å². The zero-order valence-corrected chi connectivity index (χ0v) is 8.85. The summed E-state index contributed by atoms with van der Waals surface area (Å²) >= 11 is 0.